The fourth-order valence-corrected chi connectivity index (χ4v) is 8.13. The number of hydrogen-bond acceptors (Lipinski definition) is 0. The Labute approximate surface area is 283 Å². The molecular formula is C40H30B5Br. The number of hydrogen-bond donors (Lipinski definition) is 0. The van der Waals surface area contributed by atoms with Gasteiger partial charge in [-0.3, -0.25) is 0 Å². The lowest BCUT2D eigenvalue weighted by Crippen LogP contribution is -2.55. The summed E-state index contributed by atoms with van der Waals surface area (Å²) >= 11 is 3.65. The molecule has 212 valence electrons. The van der Waals surface area contributed by atoms with Crippen LogP contribution in [0.3, 0.4) is 0 Å². The van der Waals surface area contributed by atoms with Crippen LogP contribution >= 0.6 is 15.9 Å². The van der Waals surface area contributed by atoms with E-state index >= 15 is 0 Å². The largest absolute Gasteiger partial charge is 0.139 e. The number of rotatable bonds is 3. The second-order valence-corrected chi connectivity index (χ2v) is 13.7. The van der Waals surface area contributed by atoms with E-state index in [2.05, 4.69) is 176 Å². The minimum absolute atomic E-state index is 1.10. The van der Waals surface area contributed by atoms with Gasteiger partial charge in [-0.15, -0.1) is 16.4 Å². The van der Waals surface area contributed by atoms with E-state index in [1.54, 1.807) is 0 Å². The third kappa shape index (κ3) is 4.42. The molecule has 0 aliphatic heterocycles. The highest BCUT2D eigenvalue weighted by Crippen LogP contribution is 2.44. The number of halogens is 1. The Bertz CT molecular complexity index is 2470. The van der Waals surface area contributed by atoms with Crippen molar-refractivity contribution in [1.29, 1.82) is 0 Å². The van der Waals surface area contributed by atoms with Crippen LogP contribution in [-0.4, -0.2) is 39.2 Å². The fraction of sp³-hybridized carbons (Fsp3) is 0. The van der Waals surface area contributed by atoms with Crippen LogP contribution in [0.4, 0.5) is 0 Å². The molecule has 8 aromatic rings. The van der Waals surface area contributed by atoms with Crippen LogP contribution in [0.15, 0.2) is 126 Å². The minimum Gasteiger partial charge on any atom is -0.102 e. The highest BCUT2D eigenvalue weighted by Gasteiger charge is 2.21. The molecule has 0 saturated heterocycles. The lowest BCUT2D eigenvalue weighted by Gasteiger charge is -2.24. The van der Waals surface area contributed by atoms with Gasteiger partial charge in [0.15, 0.2) is 0 Å². The molecule has 8 aromatic carbocycles. The van der Waals surface area contributed by atoms with Gasteiger partial charge in [0.25, 0.3) is 0 Å². The Kier molecular flexibility index (Phi) is 7.03. The maximum absolute atomic E-state index is 3.65. The summed E-state index contributed by atoms with van der Waals surface area (Å²) in [5.41, 5.74) is 14.7. The van der Waals surface area contributed by atoms with Crippen molar-refractivity contribution in [3.05, 3.63) is 126 Å². The Morgan fingerprint density at radius 3 is 1.35 bits per heavy atom. The zero-order valence-corrected chi connectivity index (χ0v) is 28.5. The molecule has 0 aromatic heterocycles. The molecule has 0 unspecified atom stereocenters. The predicted molar refractivity (Wildman–Crippen MR) is 221 cm³/mol. The standard InChI is InChI=1S/C40H30B5Br/c41-36-35(37(42)39(44)40(45)38(36)43)34-31-11-3-1-9-29(31)33(30-10-2-4-12-32(30)34)23-15-17-25-21(19-23)7-5-13-27(25)28-14-6-8-22-20-24(46)16-18-26(22)28/h1-20H,41-45H2. The van der Waals surface area contributed by atoms with E-state index in [0.29, 0.717) is 0 Å². The summed E-state index contributed by atoms with van der Waals surface area (Å²) in [7, 11) is 11.4. The van der Waals surface area contributed by atoms with Gasteiger partial charge in [0.2, 0.25) is 0 Å². The van der Waals surface area contributed by atoms with Crippen molar-refractivity contribution >= 4 is 126 Å². The van der Waals surface area contributed by atoms with E-state index in [-0.39, 0.29) is 0 Å². The summed E-state index contributed by atoms with van der Waals surface area (Å²) in [6, 6.07) is 45.0. The molecule has 0 fully saturated rings. The molecule has 0 heterocycles. The van der Waals surface area contributed by atoms with Crippen molar-refractivity contribution < 1.29 is 0 Å². The number of fused-ring (bicyclic) bond motifs is 4. The van der Waals surface area contributed by atoms with Gasteiger partial charge < -0.3 is 0 Å². The summed E-state index contributed by atoms with van der Waals surface area (Å²) in [4.78, 5) is 0. The number of benzene rings is 8. The third-order valence-electron chi connectivity index (χ3n) is 10.5. The molecule has 0 aliphatic rings. The summed E-state index contributed by atoms with van der Waals surface area (Å²) in [5.74, 6) is 0. The Morgan fingerprint density at radius 2 is 0.804 bits per heavy atom. The smallest absolute Gasteiger partial charge is 0.102 e. The molecule has 0 aliphatic carbocycles. The molecule has 6 heteroatoms. The minimum atomic E-state index is 1.10. The van der Waals surface area contributed by atoms with Crippen LogP contribution in [-0.2, 0) is 0 Å². The molecule has 8 rings (SSSR count). The average Bonchev–Trinajstić information content (AvgIpc) is 3.08. The van der Waals surface area contributed by atoms with Gasteiger partial charge in [-0.1, -0.05) is 130 Å². The topological polar surface area (TPSA) is 0 Å². The van der Waals surface area contributed by atoms with Gasteiger partial charge >= 0.3 is 0 Å². The monoisotopic (exact) mass is 644 g/mol. The summed E-state index contributed by atoms with van der Waals surface area (Å²) < 4.78 is 1.10. The zero-order chi connectivity index (χ0) is 31.7. The zero-order valence-electron chi connectivity index (χ0n) is 26.9. The maximum Gasteiger partial charge on any atom is 0.139 e. The van der Waals surface area contributed by atoms with Crippen LogP contribution in [0.5, 0.6) is 0 Å². The highest BCUT2D eigenvalue weighted by atomic mass is 79.9. The molecule has 0 nitrogen and oxygen atoms in total. The second-order valence-electron chi connectivity index (χ2n) is 12.8. The predicted octanol–water partition coefficient (Wildman–Crippen LogP) is 3.35. The molecule has 0 N–H and O–H groups in total. The van der Waals surface area contributed by atoms with E-state index in [1.807, 2.05) is 0 Å². The lowest BCUT2D eigenvalue weighted by atomic mass is 9.59. The highest BCUT2D eigenvalue weighted by molar-refractivity contribution is 9.10. The van der Waals surface area contributed by atoms with E-state index in [0.717, 1.165) is 4.47 Å². The first-order chi connectivity index (χ1) is 22.3. The summed E-state index contributed by atoms with van der Waals surface area (Å²) in [5, 5.41) is 10.2. The van der Waals surface area contributed by atoms with Gasteiger partial charge in [-0.25, -0.2) is 0 Å². The second kappa shape index (κ2) is 11.1. The summed E-state index contributed by atoms with van der Waals surface area (Å²) in [6.07, 6.45) is 0. The third-order valence-corrected chi connectivity index (χ3v) is 11.0. The lowest BCUT2D eigenvalue weighted by molar-refractivity contribution is 1.66. The molecule has 0 atom stereocenters. The van der Waals surface area contributed by atoms with Gasteiger partial charge in [-0.2, -0.15) is 0 Å². The average molecular weight is 645 g/mol. The van der Waals surface area contributed by atoms with E-state index in [9.17, 15) is 0 Å². The maximum atomic E-state index is 3.65. The summed E-state index contributed by atoms with van der Waals surface area (Å²) in [6.45, 7) is 0. The molecule has 0 saturated carbocycles. The van der Waals surface area contributed by atoms with Gasteiger partial charge in [0, 0.05) is 4.47 Å². The SMILES string of the molecule is Bc1c(B)c(B)c(-c2c3ccccc3c(-c3ccc4c(-c5cccc6cc(Br)ccc56)cccc4c3)c3ccccc23)c(B)c1B. The first-order valence-corrected chi connectivity index (χ1v) is 16.9. The van der Waals surface area contributed by atoms with Crippen LogP contribution in [0.2, 0.25) is 0 Å². The van der Waals surface area contributed by atoms with Gasteiger partial charge in [0.05, 0.1) is 0 Å². The Balaban J connectivity index is 1.41. The quantitative estimate of drug-likeness (QED) is 0.205. The van der Waals surface area contributed by atoms with Crippen molar-refractivity contribution in [1.82, 2.24) is 0 Å². The molecule has 0 amide bonds. The molecule has 0 radical (unpaired) electrons. The Morgan fingerprint density at radius 1 is 0.348 bits per heavy atom. The first kappa shape index (κ1) is 29.0. The molecule has 46 heavy (non-hydrogen) atoms. The molecular weight excluding hydrogens is 614 g/mol. The fourth-order valence-electron chi connectivity index (χ4n) is 7.75. The van der Waals surface area contributed by atoms with Crippen LogP contribution in [0.1, 0.15) is 0 Å². The van der Waals surface area contributed by atoms with Gasteiger partial charge in [0.1, 0.15) is 39.2 Å². The van der Waals surface area contributed by atoms with Crippen molar-refractivity contribution in [3.63, 3.8) is 0 Å². The Hall–Kier alpha value is -4.40. The van der Waals surface area contributed by atoms with Gasteiger partial charge in [-0.05, 0) is 94.7 Å². The van der Waals surface area contributed by atoms with E-state index < -0.39 is 0 Å². The van der Waals surface area contributed by atoms with E-state index in [4.69, 9.17) is 0 Å². The van der Waals surface area contributed by atoms with Crippen LogP contribution < -0.4 is 27.3 Å². The van der Waals surface area contributed by atoms with Crippen molar-refractivity contribution in [2.45, 2.75) is 0 Å². The van der Waals surface area contributed by atoms with Crippen molar-refractivity contribution in [2.75, 3.05) is 0 Å². The van der Waals surface area contributed by atoms with Crippen molar-refractivity contribution in [2.24, 2.45) is 0 Å². The van der Waals surface area contributed by atoms with Crippen LogP contribution in [0, 0.1) is 0 Å². The molecule has 0 spiro atoms. The first-order valence-electron chi connectivity index (χ1n) is 16.1. The normalized spacial score (nSPS) is 11.6. The van der Waals surface area contributed by atoms with E-state index in [1.165, 1.54) is 104 Å². The molecule has 0 bridgehead atoms. The van der Waals surface area contributed by atoms with Crippen molar-refractivity contribution in [3.8, 4) is 33.4 Å². The van der Waals surface area contributed by atoms with Crippen LogP contribution in [0.25, 0.3) is 76.5 Å².